The first-order valence-corrected chi connectivity index (χ1v) is 1.81. The van der Waals surface area contributed by atoms with Crippen LogP contribution in [0.4, 0.5) is 0 Å². The van der Waals surface area contributed by atoms with Crippen molar-refractivity contribution in [2.75, 3.05) is 0 Å². The van der Waals surface area contributed by atoms with Crippen LogP contribution in [-0.4, -0.2) is 16.8 Å². The summed E-state index contributed by atoms with van der Waals surface area (Å²) in [4.78, 5) is 9.54. The maximum atomic E-state index is 9.54. The van der Waals surface area contributed by atoms with Gasteiger partial charge in [0.2, 0.25) is 0 Å². The van der Waals surface area contributed by atoms with Gasteiger partial charge in [-0.05, 0) is 0 Å². The number of hydrogen-bond donors (Lipinski definition) is 0. The summed E-state index contributed by atoms with van der Waals surface area (Å²) in [5, 5.41) is 6.27. The maximum absolute atomic E-state index is 9.54. The number of carbonyl (C=O) groups excluding carboxylic acids is 1. The summed E-state index contributed by atoms with van der Waals surface area (Å²) >= 11 is 0. The second kappa shape index (κ2) is 2.06. The van der Waals surface area contributed by atoms with Crippen molar-refractivity contribution in [2.24, 2.45) is 0 Å². The van der Waals surface area contributed by atoms with Crippen LogP contribution in [0, 0.1) is 0 Å². The van der Waals surface area contributed by atoms with E-state index in [0.717, 1.165) is 6.26 Å². The van der Waals surface area contributed by atoms with Gasteiger partial charge in [-0.3, -0.25) is 4.79 Å². The summed E-state index contributed by atoms with van der Waals surface area (Å²) in [7, 11) is 0. The van der Waals surface area contributed by atoms with Gasteiger partial charge in [0, 0.05) is 5.27 Å². The lowest BCUT2D eigenvalue weighted by atomic mass is 10.9. The molecule has 1 heterocycles. The monoisotopic (exact) mass is 114 g/mol. The summed E-state index contributed by atoms with van der Waals surface area (Å²) in [6.45, 7) is 0.250. The molecule has 1 rings (SSSR count). The molecule has 1 aromatic heterocycles. The van der Waals surface area contributed by atoms with Crippen molar-refractivity contribution < 1.29 is 14.1 Å². The average molecular weight is 114 g/mol. The van der Waals surface area contributed by atoms with Crippen LogP contribution in [0.15, 0.2) is 10.8 Å². The number of nitrogens with zero attached hydrogens (tertiary/aromatic N) is 2. The van der Waals surface area contributed by atoms with Crippen LogP contribution in [-0.2, 0) is 4.79 Å². The number of ether oxygens (including phenoxy) is 1. The van der Waals surface area contributed by atoms with Crippen molar-refractivity contribution in [3.8, 4) is 5.88 Å². The zero-order chi connectivity index (χ0) is 5.82. The number of aromatic nitrogens is 2. The summed E-state index contributed by atoms with van der Waals surface area (Å²) in [5.41, 5.74) is 0. The van der Waals surface area contributed by atoms with E-state index in [-0.39, 0.29) is 12.4 Å². The molecule has 0 aliphatic heterocycles. The first-order chi connectivity index (χ1) is 3.93. The number of rotatable bonds is 2. The molecular formula is C3H2N2O3. The molecule has 0 saturated heterocycles. The maximum Gasteiger partial charge on any atom is 0.299 e. The third kappa shape index (κ3) is 0.810. The molecule has 5 heteroatoms. The highest BCUT2D eigenvalue weighted by Gasteiger charge is 1.92. The third-order valence-electron chi connectivity index (χ3n) is 0.509. The average Bonchev–Trinajstić information content (AvgIpc) is 2.19. The molecule has 0 saturated carbocycles. The standard InChI is InChI=1S/C3H2N2O3/c6-2-7-3-1-8-5-4-3/h1-2H. The number of hydrogen-bond acceptors (Lipinski definition) is 5. The molecular weight excluding hydrogens is 112 g/mol. The van der Waals surface area contributed by atoms with E-state index in [9.17, 15) is 4.79 Å². The Morgan fingerprint density at radius 2 is 2.75 bits per heavy atom. The van der Waals surface area contributed by atoms with Crippen molar-refractivity contribution >= 4 is 6.47 Å². The van der Waals surface area contributed by atoms with Gasteiger partial charge in [-0.15, -0.1) is 0 Å². The molecule has 0 aliphatic rings. The van der Waals surface area contributed by atoms with Gasteiger partial charge in [-0.25, -0.2) is 0 Å². The van der Waals surface area contributed by atoms with E-state index in [1.807, 2.05) is 0 Å². The van der Waals surface area contributed by atoms with Crippen LogP contribution in [0.25, 0.3) is 0 Å². The molecule has 1 aromatic rings. The zero-order valence-corrected chi connectivity index (χ0v) is 3.77. The lowest BCUT2D eigenvalue weighted by Crippen LogP contribution is -1.87. The summed E-state index contributed by atoms with van der Waals surface area (Å²) < 4.78 is 8.42. The van der Waals surface area contributed by atoms with Gasteiger partial charge in [0.05, 0.1) is 0 Å². The molecule has 0 radical (unpaired) electrons. The minimum Gasteiger partial charge on any atom is -0.405 e. The molecule has 0 bridgehead atoms. The Kier molecular flexibility index (Phi) is 1.23. The van der Waals surface area contributed by atoms with Crippen molar-refractivity contribution in [1.29, 1.82) is 0 Å². The van der Waals surface area contributed by atoms with Crippen LogP contribution in [0.2, 0.25) is 0 Å². The normalized spacial score (nSPS) is 8.50. The Morgan fingerprint density at radius 3 is 3.25 bits per heavy atom. The Bertz CT molecular complexity index is 159. The van der Waals surface area contributed by atoms with Gasteiger partial charge in [0.25, 0.3) is 12.4 Å². The van der Waals surface area contributed by atoms with Crippen molar-refractivity contribution in [2.45, 2.75) is 0 Å². The molecule has 0 fully saturated rings. The molecule has 0 N–H and O–H groups in total. The molecule has 8 heavy (non-hydrogen) atoms. The van der Waals surface area contributed by atoms with Crippen LogP contribution >= 0.6 is 0 Å². The smallest absolute Gasteiger partial charge is 0.299 e. The van der Waals surface area contributed by atoms with Crippen LogP contribution < -0.4 is 4.74 Å². The molecule has 0 unspecified atom stereocenters. The van der Waals surface area contributed by atoms with E-state index >= 15 is 0 Å². The lowest BCUT2D eigenvalue weighted by molar-refractivity contribution is -0.120. The highest BCUT2D eigenvalue weighted by molar-refractivity contribution is 5.41. The molecule has 5 nitrogen and oxygen atoms in total. The van der Waals surface area contributed by atoms with E-state index in [0.29, 0.717) is 0 Å². The van der Waals surface area contributed by atoms with Gasteiger partial charge >= 0.3 is 0 Å². The molecule has 0 spiro atoms. The Balaban J connectivity index is 2.62. The Labute approximate surface area is 44.2 Å². The minimum atomic E-state index is 0.0694. The van der Waals surface area contributed by atoms with E-state index < -0.39 is 0 Å². The minimum absolute atomic E-state index is 0.0694. The van der Waals surface area contributed by atoms with E-state index in [4.69, 9.17) is 0 Å². The van der Waals surface area contributed by atoms with Crippen LogP contribution in [0.5, 0.6) is 5.88 Å². The van der Waals surface area contributed by atoms with Gasteiger partial charge in [0.1, 0.15) is 0 Å². The summed E-state index contributed by atoms with van der Waals surface area (Å²) in [5.74, 6) is 0.0694. The van der Waals surface area contributed by atoms with Gasteiger partial charge < -0.3 is 9.26 Å². The molecule has 0 atom stereocenters. The quantitative estimate of drug-likeness (QED) is 0.489. The SMILES string of the molecule is O=COc1conn1. The van der Waals surface area contributed by atoms with Gasteiger partial charge in [-0.1, -0.05) is 5.10 Å². The summed E-state index contributed by atoms with van der Waals surface area (Å²) in [6, 6.07) is 0. The topological polar surface area (TPSA) is 65.2 Å². The van der Waals surface area contributed by atoms with E-state index in [1.54, 1.807) is 0 Å². The lowest BCUT2D eigenvalue weighted by Gasteiger charge is -1.79. The molecule has 0 amide bonds. The van der Waals surface area contributed by atoms with Crippen LogP contribution in [0.1, 0.15) is 0 Å². The second-order valence-electron chi connectivity index (χ2n) is 0.957. The predicted molar refractivity (Wildman–Crippen MR) is 21.0 cm³/mol. The van der Waals surface area contributed by atoms with Crippen molar-refractivity contribution in [3.05, 3.63) is 6.26 Å². The van der Waals surface area contributed by atoms with Crippen LogP contribution in [0.3, 0.4) is 0 Å². The Morgan fingerprint density at radius 1 is 1.88 bits per heavy atom. The summed E-state index contributed by atoms with van der Waals surface area (Å²) in [6.07, 6.45) is 1.12. The van der Waals surface area contributed by atoms with Crippen molar-refractivity contribution in [3.63, 3.8) is 0 Å². The second-order valence-corrected chi connectivity index (χ2v) is 0.957. The Hall–Kier alpha value is -1.39. The fraction of sp³-hybridized carbons (Fsp3) is 0. The number of carbonyl (C=O) groups is 1. The molecule has 42 valence electrons. The fourth-order valence-electron chi connectivity index (χ4n) is 0.257. The fourth-order valence-corrected chi connectivity index (χ4v) is 0.257. The molecule has 0 aromatic carbocycles. The first kappa shape index (κ1) is 4.76. The third-order valence-corrected chi connectivity index (χ3v) is 0.509. The van der Waals surface area contributed by atoms with Gasteiger partial charge in [0.15, 0.2) is 6.26 Å². The van der Waals surface area contributed by atoms with Gasteiger partial charge in [-0.2, -0.15) is 0 Å². The van der Waals surface area contributed by atoms with Crippen molar-refractivity contribution in [1.82, 2.24) is 10.4 Å². The highest BCUT2D eigenvalue weighted by Crippen LogP contribution is 1.98. The predicted octanol–water partition coefficient (Wildman–Crippen LogP) is -0.395. The largest absolute Gasteiger partial charge is 0.405 e. The first-order valence-electron chi connectivity index (χ1n) is 1.81. The van der Waals surface area contributed by atoms with E-state index in [1.165, 1.54) is 0 Å². The zero-order valence-electron chi connectivity index (χ0n) is 3.77. The molecule has 0 aliphatic carbocycles. The van der Waals surface area contributed by atoms with E-state index in [2.05, 4.69) is 19.6 Å². The highest BCUT2D eigenvalue weighted by atomic mass is 16.6.